The van der Waals surface area contributed by atoms with Crippen LogP contribution in [0.5, 0.6) is 0 Å². The quantitative estimate of drug-likeness (QED) is 0.387. The molecule has 0 aromatic carbocycles. The standard InChI is InChI=1S/C15H27ClN4OS/c1-17-15(18-8-7-13-5-6-14(16)22-13)19-9-11-20(2)10-4-12-21-3/h5-6H,4,7-12H2,1-3H3,(H2,17,18,19). The first-order chi connectivity index (χ1) is 10.7. The van der Waals surface area contributed by atoms with Gasteiger partial charge in [0.25, 0.3) is 0 Å². The third-order valence-electron chi connectivity index (χ3n) is 3.19. The van der Waals surface area contributed by atoms with Gasteiger partial charge in [-0.3, -0.25) is 4.99 Å². The number of halogens is 1. The minimum atomic E-state index is 0.813. The van der Waals surface area contributed by atoms with Crippen molar-refractivity contribution in [2.75, 3.05) is 54.0 Å². The maximum Gasteiger partial charge on any atom is 0.191 e. The van der Waals surface area contributed by atoms with E-state index in [4.69, 9.17) is 16.3 Å². The molecule has 0 bridgehead atoms. The molecule has 1 rings (SSSR count). The largest absolute Gasteiger partial charge is 0.385 e. The smallest absolute Gasteiger partial charge is 0.191 e. The zero-order chi connectivity index (χ0) is 16.2. The first-order valence-corrected chi connectivity index (χ1v) is 8.71. The average molecular weight is 347 g/mol. The van der Waals surface area contributed by atoms with Crippen molar-refractivity contribution < 1.29 is 4.74 Å². The summed E-state index contributed by atoms with van der Waals surface area (Å²) in [6.07, 6.45) is 2.01. The second-order valence-corrected chi connectivity index (χ2v) is 6.83. The highest BCUT2D eigenvalue weighted by atomic mass is 35.5. The van der Waals surface area contributed by atoms with Crippen LogP contribution >= 0.6 is 22.9 Å². The van der Waals surface area contributed by atoms with E-state index in [1.54, 1.807) is 25.5 Å². The minimum Gasteiger partial charge on any atom is -0.385 e. The molecular weight excluding hydrogens is 320 g/mol. The zero-order valence-electron chi connectivity index (χ0n) is 13.7. The predicted molar refractivity (Wildman–Crippen MR) is 96.4 cm³/mol. The van der Waals surface area contributed by atoms with E-state index < -0.39 is 0 Å². The monoisotopic (exact) mass is 346 g/mol. The Morgan fingerprint density at radius 1 is 1.32 bits per heavy atom. The van der Waals surface area contributed by atoms with Gasteiger partial charge in [-0.2, -0.15) is 0 Å². The van der Waals surface area contributed by atoms with Crippen LogP contribution in [0, 0.1) is 0 Å². The summed E-state index contributed by atoms with van der Waals surface area (Å²) >= 11 is 7.55. The Kier molecular flexibility index (Phi) is 10.2. The fraction of sp³-hybridized carbons (Fsp3) is 0.667. The lowest BCUT2D eigenvalue weighted by Gasteiger charge is -2.18. The first-order valence-electron chi connectivity index (χ1n) is 7.52. The molecular formula is C15H27ClN4OS. The van der Waals surface area contributed by atoms with Crippen LogP contribution in [-0.2, 0) is 11.2 Å². The molecule has 0 atom stereocenters. The normalized spacial score (nSPS) is 12.0. The molecule has 0 spiro atoms. The lowest BCUT2D eigenvalue weighted by atomic mass is 10.3. The highest BCUT2D eigenvalue weighted by Gasteiger charge is 2.02. The maximum absolute atomic E-state index is 5.92. The van der Waals surface area contributed by atoms with Crippen molar-refractivity contribution in [2.24, 2.45) is 4.99 Å². The molecule has 5 nitrogen and oxygen atoms in total. The predicted octanol–water partition coefficient (Wildman–Crippen LogP) is 2.08. The lowest BCUT2D eigenvalue weighted by molar-refractivity contribution is 0.180. The molecule has 22 heavy (non-hydrogen) atoms. The van der Waals surface area contributed by atoms with E-state index >= 15 is 0 Å². The van der Waals surface area contributed by atoms with E-state index in [1.807, 2.05) is 6.07 Å². The van der Waals surface area contributed by atoms with Crippen molar-refractivity contribution in [3.05, 3.63) is 21.3 Å². The number of nitrogens with one attached hydrogen (secondary N) is 2. The van der Waals surface area contributed by atoms with E-state index in [2.05, 4.69) is 33.6 Å². The number of thiophene rings is 1. The van der Waals surface area contributed by atoms with E-state index in [9.17, 15) is 0 Å². The number of nitrogens with zero attached hydrogens (tertiary/aromatic N) is 2. The SMILES string of the molecule is CN=C(NCCc1ccc(Cl)s1)NCCN(C)CCCOC. The van der Waals surface area contributed by atoms with Gasteiger partial charge in [0, 0.05) is 51.8 Å². The summed E-state index contributed by atoms with van der Waals surface area (Å²) in [7, 11) is 5.65. The van der Waals surface area contributed by atoms with Gasteiger partial charge < -0.3 is 20.3 Å². The van der Waals surface area contributed by atoms with Crippen LogP contribution in [0.1, 0.15) is 11.3 Å². The van der Waals surface area contributed by atoms with Gasteiger partial charge in [0.2, 0.25) is 0 Å². The van der Waals surface area contributed by atoms with Gasteiger partial charge in [-0.25, -0.2) is 0 Å². The fourth-order valence-electron chi connectivity index (χ4n) is 1.97. The van der Waals surface area contributed by atoms with E-state index in [-0.39, 0.29) is 0 Å². The van der Waals surface area contributed by atoms with Crippen LogP contribution in [0.25, 0.3) is 0 Å². The van der Waals surface area contributed by atoms with Crippen LogP contribution in [0.15, 0.2) is 17.1 Å². The van der Waals surface area contributed by atoms with Crippen molar-refractivity contribution in [1.29, 1.82) is 0 Å². The highest BCUT2D eigenvalue weighted by Crippen LogP contribution is 2.21. The van der Waals surface area contributed by atoms with Crippen molar-refractivity contribution in [3.63, 3.8) is 0 Å². The molecule has 0 radical (unpaired) electrons. The number of hydrogen-bond donors (Lipinski definition) is 2. The molecule has 1 aromatic heterocycles. The number of methoxy groups -OCH3 is 1. The van der Waals surface area contributed by atoms with E-state index in [0.29, 0.717) is 0 Å². The summed E-state index contributed by atoms with van der Waals surface area (Å²) in [5.41, 5.74) is 0. The van der Waals surface area contributed by atoms with Crippen LogP contribution in [0.2, 0.25) is 4.34 Å². The molecule has 7 heteroatoms. The summed E-state index contributed by atoms with van der Waals surface area (Å²) in [4.78, 5) is 7.80. The molecule has 0 aliphatic carbocycles. The number of likely N-dealkylation sites (N-methyl/N-ethyl adjacent to an activating group) is 1. The van der Waals surface area contributed by atoms with Gasteiger partial charge >= 0.3 is 0 Å². The summed E-state index contributed by atoms with van der Waals surface area (Å²) in [5, 5.41) is 6.64. The molecule has 0 saturated heterocycles. The number of hydrogen-bond acceptors (Lipinski definition) is 4. The van der Waals surface area contributed by atoms with Gasteiger partial charge in [0.15, 0.2) is 5.96 Å². The molecule has 1 aromatic rings. The molecule has 0 fully saturated rings. The Bertz CT molecular complexity index is 439. The molecule has 1 heterocycles. The molecule has 0 amide bonds. The van der Waals surface area contributed by atoms with E-state index in [0.717, 1.165) is 55.9 Å². The number of aliphatic imine (C=N–C) groups is 1. The van der Waals surface area contributed by atoms with Crippen LogP contribution in [0.4, 0.5) is 0 Å². The molecule has 0 aliphatic rings. The fourth-order valence-corrected chi connectivity index (χ4v) is 3.05. The average Bonchev–Trinajstić information content (AvgIpc) is 2.91. The van der Waals surface area contributed by atoms with E-state index in [1.165, 1.54) is 4.88 Å². The summed E-state index contributed by atoms with van der Waals surface area (Å²) in [6, 6.07) is 4.01. The Labute approximate surface area is 142 Å². The maximum atomic E-state index is 5.92. The second-order valence-electron chi connectivity index (χ2n) is 5.03. The van der Waals surface area contributed by atoms with Gasteiger partial charge in [-0.05, 0) is 32.0 Å². The summed E-state index contributed by atoms with van der Waals surface area (Å²) < 4.78 is 5.90. The third kappa shape index (κ3) is 8.58. The summed E-state index contributed by atoms with van der Waals surface area (Å²) in [5.74, 6) is 0.841. The van der Waals surface area contributed by atoms with Gasteiger partial charge in [0.1, 0.15) is 0 Å². The Morgan fingerprint density at radius 3 is 2.73 bits per heavy atom. The van der Waals surface area contributed by atoms with Gasteiger partial charge in [-0.15, -0.1) is 11.3 Å². The third-order valence-corrected chi connectivity index (χ3v) is 4.48. The van der Waals surface area contributed by atoms with Crippen molar-refractivity contribution >= 4 is 28.9 Å². The zero-order valence-corrected chi connectivity index (χ0v) is 15.3. The molecule has 2 N–H and O–H groups in total. The summed E-state index contributed by atoms with van der Waals surface area (Å²) in [6.45, 7) is 4.55. The molecule has 126 valence electrons. The first kappa shape index (κ1) is 19.2. The van der Waals surface area contributed by atoms with Crippen molar-refractivity contribution in [1.82, 2.24) is 15.5 Å². The highest BCUT2D eigenvalue weighted by molar-refractivity contribution is 7.16. The second kappa shape index (κ2) is 11.7. The lowest BCUT2D eigenvalue weighted by Crippen LogP contribution is -2.41. The molecule has 0 aliphatic heterocycles. The number of ether oxygens (including phenoxy) is 1. The topological polar surface area (TPSA) is 48.9 Å². The Morgan fingerprint density at radius 2 is 2.09 bits per heavy atom. The minimum absolute atomic E-state index is 0.813. The number of rotatable bonds is 10. The van der Waals surface area contributed by atoms with Gasteiger partial charge in [0.05, 0.1) is 4.34 Å². The van der Waals surface area contributed by atoms with Crippen LogP contribution in [-0.4, -0.2) is 64.9 Å². The molecule has 0 unspecified atom stereocenters. The Balaban J connectivity index is 2.11. The van der Waals surface area contributed by atoms with Crippen LogP contribution < -0.4 is 10.6 Å². The van der Waals surface area contributed by atoms with Crippen molar-refractivity contribution in [3.8, 4) is 0 Å². The van der Waals surface area contributed by atoms with Crippen molar-refractivity contribution in [2.45, 2.75) is 12.8 Å². The van der Waals surface area contributed by atoms with Crippen LogP contribution in [0.3, 0.4) is 0 Å². The van der Waals surface area contributed by atoms with Gasteiger partial charge in [-0.1, -0.05) is 11.6 Å². The Hall–Kier alpha value is -0.820. The molecule has 0 saturated carbocycles. The number of guanidine groups is 1.